The molecule has 1 aromatic carbocycles. The van der Waals surface area contributed by atoms with E-state index in [1.165, 1.54) is 5.56 Å². The normalized spacial score (nSPS) is 12.5. The summed E-state index contributed by atoms with van der Waals surface area (Å²) in [5.74, 6) is 2.14. The second-order valence-corrected chi connectivity index (χ2v) is 5.87. The van der Waals surface area contributed by atoms with Crippen molar-refractivity contribution in [3.8, 4) is 5.75 Å². The van der Waals surface area contributed by atoms with Crippen molar-refractivity contribution in [2.75, 3.05) is 12.4 Å². The fraction of sp³-hybridized carbons (Fsp3) is 0.353. The summed E-state index contributed by atoms with van der Waals surface area (Å²) in [5.41, 5.74) is 1.92. The van der Waals surface area contributed by atoms with E-state index in [-0.39, 0.29) is 6.04 Å². The van der Waals surface area contributed by atoms with Crippen LogP contribution in [-0.4, -0.2) is 33.3 Å². The maximum Gasteiger partial charge on any atom is 0.160 e. The topological polar surface area (TPSA) is 75.7 Å². The summed E-state index contributed by atoms with van der Waals surface area (Å²) in [6.07, 6.45) is 4.15. The van der Waals surface area contributed by atoms with Gasteiger partial charge in [-0.25, -0.2) is 9.97 Å². The first-order chi connectivity index (χ1) is 11.2. The fourth-order valence-electron chi connectivity index (χ4n) is 2.62. The van der Waals surface area contributed by atoms with Crippen LogP contribution in [0.15, 0.2) is 36.8 Å². The van der Waals surface area contributed by atoms with E-state index in [0.29, 0.717) is 5.92 Å². The number of hydrogen-bond donors (Lipinski definition) is 2. The summed E-state index contributed by atoms with van der Waals surface area (Å²) in [6.45, 7) is 4.39. The lowest BCUT2D eigenvalue weighted by atomic mass is 9.95. The lowest BCUT2D eigenvalue weighted by molar-refractivity contribution is 0.405. The average Bonchev–Trinajstić information content (AvgIpc) is 3.04. The van der Waals surface area contributed by atoms with Crippen molar-refractivity contribution >= 4 is 16.9 Å². The molecule has 0 saturated heterocycles. The fourth-order valence-corrected chi connectivity index (χ4v) is 2.62. The zero-order valence-electron chi connectivity index (χ0n) is 13.6. The molecule has 0 saturated carbocycles. The quantitative estimate of drug-likeness (QED) is 0.732. The predicted molar refractivity (Wildman–Crippen MR) is 90.6 cm³/mol. The van der Waals surface area contributed by atoms with E-state index in [2.05, 4.69) is 45.4 Å². The minimum absolute atomic E-state index is 0.222. The second kappa shape index (κ2) is 6.64. The van der Waals surface area contributed by atoms with E-state index in [1.54, 1.807) is 19.6 Å². The third kappa shape index (κ3) is 3.26. The standard InChI is InChI=1S/C17H21N5O/c1-11(2)14(8-12-6-4-5-7-15(12)23-3)21-16-13-9-20-22-17(13)19-10-18-16/h4-7,9-11,14H,8H2,1-3H3,(H2,18,19,20,21,22). The molecule has 0 fully saturated rings. The van der Waals surface area contributed by atoms with Gasteiger partial charge in [0.2, 0.25) is 0 Å². The van der Waals surface area contributed by atoms with Crippen LogP contribution in [-0.2, 0) is 6.42 Å². The molecule has 2 aromatic heterocycles. The van der Waals surface area contributed by atoms with Crippen LogP contribution in [0.1, 0.15) is 19.4 Å². The third-order valence-electron chi connectivity index (χ3n) is 4.01. The van der Waals surface area contributed by atoms with Crippen molar-refractivity contribution in [1.82, 2.24) is 20.2 Å². The molecular weight excluding hydrogens is 290 g/mol. The van der Waals surface area contributed by atoms with E-state index in [4.69, 9.17) is 4.74 Å². The van der Waals surface area contributed by atoms with Crippen LogP contribution in [0.25, 0.3) is 11.0 Å². The Hall–Kier alpha value is -2.63. The summed E-state index contributed by atoms with van der Waals surface area (Å²) in [5, 5.41) is 11.3. The highest BCUT2D eigenvalue weighted by atomic mass is 16.5. The maximum atomic E-state index is 5.47. The first-order valence-electron chi connectivity index (χ1n) is 7.71. The van der Waals surface area contributed by atoms with Gasteiger partial charge in [0.05, 0.1) is 18.7 Å². The van der Waals surface area contributed by atoms with Crippen LogP contribution in [0.3, 0.4) is 0 Å². The zero-order chi connectivity index (χ0) is 16.2. The highest BCUT2D eigenvalue weighted by Crippen LogP contribution is 2.24. The van der Waals surface area contributed by atoms with Gasteiger partial charge in [-0.3, -0.25) is 5.10 Å². The molecule has 6 nitrogen and oxygen atoms in total. The summed E-state index contributed by atoms with van der Waals surface area (Å²) < 4.78 is 5.47. The molecule has 0 amide bonds. The molecule has 2 heterocycles. The smallest absolute Gasteiger partial charge is 0.160 e. The number of methoxy groups -OCH3 is 1. The van der Waals surface area contributed by atoms with E-state index >= 15 is 0 Å². The van der Waals surface area contributed by atoms with Gasteiger partial charge in [-0.2, -0.15) is 5.10 Å². The number of nitrogens with zero attached hydrogens (tertiary/aromatic N) is 3. The molecule has 0 aliphatic rings. The Balaban J connectivity index is 1.86. The van der Waals surface area contributed by atoms with Gasteiger partial charge in [0, 0.05) is 6.04 Å². The molecule has 3 rings (SSSR count). The first kappa shape index (κ1) is 15.3. The number of rotatable bonds is 6. The first-order valence-corrected chi connectivity index (χ1v) is 7.71. The zero-order valence-corrected chi connectivity index (χ0v) is 13.6. The number of H-pyrrole nitrogens is 1. The largest absolute Gasteiger partial charge is 0.496 e. The van der Waals surface area contributed by atoms with E-state index in [1.807, 2.05) is 18.2 Å². The van der Waals surface area contributed by atoms with Crippen LogP contribution >= 0.6 is 0 Å². The molecule has 0 aliphatic carbocycles. The Morgan fingerprint density at radius 3 is 2.83 bits per heavy atom. The minimum atomic E-state index is 0.222. The molecule has 120 valence electrons. The van der Waals surface area contributed by atoms with Gasteiger partial charge in [0.1, 0.15) is 17.9 Å². The van der Waals surface area contributed by atoms with Crippen molar-refractivity contribution in [2.24, 2.45) is 5.92 Å². The summed E-state index contributed by atoms with van der Waals surface area (Å²) in [7, 11) is 1.70. The van der Waals surface area contributed by atoms with E-state index in [0.717, 1.165) is 29.0 Å². The van der Waals surface area contributed by atoms with Crippen molar-refractivity contribution in [3.05, 3.63) is 42.4 Å². The summed E-state index contributed by atoms with van der Waals surface area (Å²) in [4.78, 5) is 8.55. The second-order valence-electron chi connectivity index (χ2n) is 5.87. The molecule has 1 atom stereocenters. The van der Waals surface area contributed by atoms with E-state index < -0.39 is 0 Å². The van der Waals surface area contributed by atoms with Crippen molar-refractivity contribution in [3.63, 3.8) is 0 Å². The molecule has 0 spiro atoms. The lowest BCUT2D eigenvalue weighted by Gasteiger charge is -2.24. The molecule has 6 heteroatoms. The van der Waals surface area contributed by atoms with Gasteiger partial charge in [-0.15, -0.1) is 0 Å². The molecule has 1 unspecified atom stereocenters. The molecule has 0 bridgehead atoms. The monoisotopic (exact) mass is 311 g/mol. The molecule has 0 radical (unpaired) electrons. The van der Waals surface area contributed by atoms with Crippen LogP contribution in [0.5, 0.6) is 5.75 Å². The summed E-state index contributed by atoms with van der Waals surface area (Å²) >= 11 is 0. The number of ether oxygens (including phenoxy) is 1. The van der Waals surface area contributed by atoms with Crippen LogP contribution in [0.4, 0.5) is 5.82 Å². The number of anilines is 1. The lowest BCUT2D eigenvalue weighted by Crippen LogP contribution is -2.29. The highest BCUT2D eigenvalue weighted by Gasteiger charge is 2.18. The predicted octanol–water partition coefficient (Wildman–Crippen LogP) is 3.04. The molecule has 23 heavy (non-hydrogen) atoms. The number of benzene rings is 1. The maximum absolute atomic E-state index is 5.47. The van der Waals surface area contributed by atoms with Crippen molar-refractivity contribution in [1.29, 1.82) is 0 Å². The van der Waals surface area contributed by atoms with Gasteiger partial charge in [0.25, 0.3) is 0 Å². The Labute approximate surface area is 135 Å². The number of para-hydroxylation sites is 1. The van der Waals surface area contributed by atoms with Gasteiger partial charge >= 0.3 is 0 Å². The molecule has 0 aliphatic heterocycles. The van der Waals surface area contributed by atoms with Crippen LogP contribution in [0, 0.1) is 5.92 Å². The minimum Gasteiger partial charge on any atom is -0.496 e. The number of aromatic nitrogens is 4. The van der Waals surface area contributed by atoms with Crippen LogP contribution < -0.4 is 10.1 Å². The highest BCUT2D eigenvalue weighted by molar-refractivity contribution is 5.85. The van der Waals surface area contributed by atoms with Crippen molar-refractivity contribution in [2.45, 2.75) is 26.3 Å². The molecule has 3 aromatic rings. The molecular formula is C17H21N5O. The van der Waals surface area contributed by atoms with Crippen LogP contribution in [0.2, 0.25) is 0 Å². The Morgan fingerprint density at radius 2 is 2.04 bits per heavy atom. The number of aromatic amines is 1. The summed E-state index contributed by atoms with van der Waals surface area (Å²) in [6, 6.07) is 8.34. The van der Waals surface area contributed by atoms with Crippen molar-refractivity contribution < 1.29 is 4.74 Å². The third-order valence-corrected chi connectivity index (χ3v) is 4.01. The molecule has 2 N–H and O–H groups in total. The average molecular weight is 311 g/mol. The van der Waals surface area contributed by atoms with Gasteiger partial charge in [-0.05, 0) is 24.0 Å². The number of nitrogens with one attached hydrogen (secondary N) is 2. The SMILES string of the molecule is COc1ccccc1CC(Nc1ncnc2[nH]ncc12)C(C)C. The van der Waals surface area contributed by atoms with Gasteiger partial charge in [0.15, 0.2) is 5.65 Å². The number of fused-ring (bicyclic) bond motifs is 1. The van der Waals surface area contributed by atoms with Gasteiger partial charge < -0.3 is 10.1 Å². The van der Waals surface area contributed by atoms with E-state index in [9.17, 15) is 0 Å². The van der Waals surface area contributed by atoms with Gasteiger partial charge in [-0.1, -0.05) is 32.0 Å². The Kier molecular flexibility index (Phi) is 4.41. The Morgan fingerprint density at radius 1 is 1.22 bits per heavy atom. The number of hydrogen-bond acceptors (Lipinski definition) is 5. The Bertz CT molecular complexity index is 783.